The molecule has 2 N–H and O–H groups in total. The topological polar surface area (TPSA) is 43.8 Å². The van der Waals surface area contributed by atoms with Crippen molar-refractivity contribution in [3.05, 3.63) is 35.8 Å². The van der Waals surface area contributed by atoms with Crippen molar-refractivity contribution in [2.75, 3.05) is 5.73 Å². The van der Waals surface area contributed by atoms with Crippen molar-refractivity contribution in [1.82, 2.24) is 9.78 Å². The highest BCUT2D eigenvalue weighted by Crippen LogP contribution is 2.25. The first-order chi connectivity index (χ1) is 7.61. The van der Waals surface area contributed by atoms with Gasteiger partial charge in [-0.25, -0.2) is 4.39 Å². The molecule has 1 aromatic carbocycles. The first-order valence-corrected chi connectivity index (χ1v) is 5.21. The van der Waals surface area contributed by atoms with Crippen LogP contribution in [-0.4, -0.2) is 9.78 Å². The van der Waals surface area contributed by atoms with Crippen LogP contribution >= 0.6 is 0 Å². The zero-order chi connectivity index (χ0) is 11.7. The van der Waals surface area contributed by atoms with Crippen LogP contribution in [0.15, 0.2) is 24.4 Å². The van der Waals surface area contributed by atoms with E-state index < -0.39 is 0 Å². The number of anilines is 1. The van der Waals surface area contributed by atoms with Gasteiger partial charge < -0.3 is 5.73 Å². The summed E-state index contributed by atoms with van der Waals surface area (Å²) in [4.78, 5) is 0. The third-order valence-corrected chi connectivity index (χ3v) is 2.56. The van der Waals surface area contributed by atoms with Crippen molar-refractivity contribution in [2.24, 2.45) is 0 Å². The lowest BCUT2D eigenvalue weighted by atomic mass is 10.1. The molecule has 0 bridgehead atoms. The van der Waals surface area contributed by atoms with Gasteiger partial charge in [0.25, 0.3) is 0 Å². The Balaban J connectivity index is 2.49. The van der Waals surface area contributed by atoms with Crippen LogP contribution in [-0.2, 0) is 6.54 Å². The van der Waals surface area contributed by atoms with Crippen molar-refractivity contribution >= 4 is 5.69 Å². The number of aromatic nitrogens is 2. The molecular formula is C12H14FN3. The summed E-state index contributed by atoms with van der Waals surface area (Å²) < 4.78 is 15.1. The molecule has 0 aliphatic carbocycles. The Hall–Kier alpha value is -1.84. The van der Waals surface area contributed by atoms with E-state index >= 15 is 0 Å². The number of nitrogen functional groups attached to an aromatic ring is 1. The average molecular weight is 219 g/mol. The minimum Gasteiger partial charge on any atom is -0.396 e. The molecular weight excluding hydrogens is 205 g/mol. The minimum absolute atomic E-state index is 0.233. The summed E-state index contributed by atoms with van der Waals surface area (Å²) in [5.74, 6) is -0.233. The number of hydrogen-bond acceptors (Lipinski definition) is 2. The van der Waals surface area contributed by atoms with Crippen molar-refractivity contribution in [2.45, 2.75) is 20.4 Å². The summed E-state index contributed by atoms with van der Waals surface area (Å²) >= 11 is 0. The van der Waals surface area contributed by atoms with Crippen molar-refractivity contribution in [3.8, 4) is 11.3 Å². The van der Waals surface area contributed by atoms with Gasteiger partial charge in [0.1, 0.15) is 11.5 Å². The van der Waals surface area contributed by atoms with Crippen LogP contribution in [0.4, 0.5) is 10.1 Å². The van der Waals surface area contributed by atoms with Crippen LogP contribution in [0, 0.1) is 12.7 Å². The number of nitrogens with zero attached hydrogens (tertiary/aromatic N) is 2. The van der Waals surface area contributed by atoms with E-state index in [1.807, 2.05) is 13.0 Å². The van der Waals surface area contributed by atoms with E-state index in [1.54, 1.807) is 23.9 Å². The lowest BCUT2D eigenvalue weighted by Crippen LogP contribution is -1.94. The van der Waals surface area contributed by atoms with Gasteiger partial charge in [0.05, 0.1) is 5.69 Å². The Morgan fingerprint density at radius 1 is 1.44 bits per heavy atom. The summed E-state index contributed by atoms with van der Waals surface area (Å²) in [6, 6.07) is 5.03. The van der Waals surface area contributed by atoms with Crippen LogP contribution in [0.1, 0.15) is 12.5 Å². The summed E-state index contributed by atoms with van der Waals surface area (Å²) in [6.45, 7) is 4.46. The maximum absolute atomic E-state index is 13.4. The van der Waals surface area contributed by atoms with Crippen molar-refractivity contribution < 1.29 is 4.39 Å². The highest BCUT2D eigenvalue weighted by molar-refractivity contribution is 5.72. The normalized spacial score (nSPS) is 10.7. The minimum atomic E-state index is -0.233. The van der Waals surface area contributed by atoms with Gasteiger partial charge >= 0.3 is 0 Å². The lowest BCUT2D eigenvalue weighted by molar-refractivity contribution is 0.618. The van der Waals surface area contributed by atoms with Crippen molar-refractivity contribution in [1.29, 1.82) is 0 Å². The Kier molecular flexibility index (Phi) is 2.64. The van der Waals surface area contributed by atoms with Gasteiger partial charge in [0.2, 0.25) is 0 Å². The van der Waals surface area contributed by atoms with E-state index in [9.17, 15) is 4.39 Å². The fraction of sp³-hybridized carbons (Fsp3) is 0.250. The number of rotatable bonds is 2. The second kappa shape index (κ2) is 3.96. The van der Waals surface area contributed by atoms with Crippen LogP contribution in [0.5, 0.6) is 0 Å². The first-order valence-electron chi connectivity index (χ1n) is 5.21. The molecule has 0 aliphatic heterocycles. The zero-order valence-corrected chi connectivity index (χ0v) is 9.37. The van der Waals surface area contributed by atoms with Crippen LogP contribution in [0.2, 0.25) is 0 Å². The van der Waals surface area contributed by atoms with Gasteiger partial charge in [-0.1, -0.05) is 12.1 Å². The highest BCUT2D eigenvalue weighted by atomic mass is 19.1. The molecule has 2 rings (SSSR count). The Labute approximate surface area is 93.7 Å². The maximum Gasteiger partial charge on any atom is 0.126 e. The summed E-state index contributed by atoms with van der Waals surface area (Å²) in [6.07, 6.45) is 1.76. The molecule has 16 heavy (non-hydrogen) atoms. The maximum atomic E-state index is 13.4. The Bertz CT molecular complexity index is 517. The smallest absolute Gasteiger partial charge is 0.126 e. The Morgan fingerprint density at radius 3 is 2.75 bits per heavy atom. The molecule has 0 spiro atoms. The molecule has 0 fully saturated rings. The third kappa shape index (κ3) is 1.78. The van der Waals surface area contributed by atoms with E-state index in [-0.39, 0.29) is 5.82 Å². The van der Waals surface area contributed by atoms with E-state index in [4.69, 9.17) is 5.73 Å². The molecule has 1 aromatic heterocycles. The van der Waals surface area contributed by atoms with Crippen LogP contribution in [0.25, 0.3) is 11.3 Å². The molecule has 0 radical (unpaired) electrons. The molecule has 0 atom stereocenters. The van der Waals surface area contributed by atoms with Gasteiger partial charge in [-0.3, -0.25) is 4.68 Å². The number of nitrogens with two attached hydrogens (primary N) is 1. The molecule has 3 nitrogen and oxygen atoms in total. The number of aryl methyl sites for hydroxylation is 2. The lowest BCUT2D eigenvalue weighted by Gasteiger charge is -2.01. The van der Waals surface area contributed by atoms with Gasteiger partial charge in [0, 0.05) is 18.3 Å². The highest BCUT2D eigenvalue weighted by Gasteiger charge is 2.09. The van der Waals surface area contributed by atoms with E-state index in [0.717, 1.165) is 6.54 Å². The summed E-state index contributed by atoms with van der Waals surface area (Å²) in [5.41, 5.74) is 8.38. The zero-order valence-electron chi connectivity index (χ0n) is 9.37. The number of hydrogen-bond donors (Lipinski definition) is 1. The van der Waals surface area contributed by atoms with Gasteiger partial charge in [-0.15, -0.1) is 0 Å². The fourth-order valence-electron chi connectivity index (χ4n) is 1.56. The quantitative estimate of drug-likeness (QED) is 0.843. The molecule has 4 heteroatoms. The summed E-state index contributed by atoms with van der Waals surface area (Å²) in [5, 5.41) is 4.29. The molecule has 0 saturated carbocycles. The van der Waals surface area contributed by atoms with E-state index in [0.29, 0.717) is 22.5 Å². The van der Waals surface area contributed by atoms with Crippen LogP contribution < -0.4 is 5.73 Å². The third-order valence-electron chi connectivity index (χ3n) is 2.56. The van der Waals surface area contributed by atoms with Crippen molar-refractivity contribution in [3.63, 3.8) is 0 Å². The van der Waals surface area contributed by atoms with Gasteiger partial charge in [0.15, 0.2) is 0 Å². The number of halogens is 1. The predicted molar refractivity (Wildman–Crippen MR) is 62.4 cm³/mol. The van der Waals surface area contributed by atoms with E-state index in [1.165, 1.54) is 6.07 Å². The molecule has 84 valence electrons. The second-order valence-corrected chi connectivity index (χ2v) is 3.75. The molecule has 0 amide bonds. The monoisotopic (exact) mass is 219 g/mol. The van der Waals surface area contributed by atoms with Gasteiger partial charge in [-0.2, -0.15) is 5.10 Å². The molecule has 2 aromatic rings. The molecule has 0 unspecified atom stereocenters. The standard InChI is InChI=1S/C12H14FN3/c1-3-16-7-11(14)12(15-16)9-5-4-8(2)10(13)6-9/h4-7H,3,14H2,1-2H3. The Morgan fingerprint density at radius 2 is 2.19 bits per heavy atom. The van der Waals surface area contributed by atoms with Gasteiger partial charge in [-0.05, 0) is 25.5 Å². The summed E-state index contributed by atoms with van der Waals surface area (Å²) in [7, 11) is 0. The molecule has 0 saturated heterocycles. The van der Waals surface area contributed by atoms with E-state index in [2.05, 4.69) is 5.10 Å². The largest absolute Gasteiger partial charge is 0.396 e. The predicted octanol–water partition coefficient (Wildman–Crippen LogP) is 2.60. The first kappa shape index (κ1) is 10.7. The SMILES string of the molecule is CCn1cc(N)c(-c2ccc(C)c(F)c2)n1. The van der Waals surface area contributed by atoms with Crippen LogP contribution in [0.3, 0.4) is 0 Å². The molecule has 0 aliphatic rings. The number of benzene rings is 1. The molecule has 1 heterocycles. The second-order valence-electron chi connectivity index (χ2n) is 3.75. The fourth-order valence-corrected chi connectivity index (χ4v) is 1.56. The average Bonchev–Trinajstić information content (AvgIpc) is 2.64.